The van der Waals surface area contributed by atoms with E-state index in [4.69, 9.17) is 9.84 Å². The predicted octanol–water partition coefficient (Wildman–Crippen LogP) is 5.32. The number of ether oxygens (including phenoxy) is 1. The van der Waals surface area contributed by atoms with Gasteiger partial charge in [0.05, 0.1) is 29.6 Å². The summed E-state index contributed by atoms with van der Waals surface area (Å²) in [4.78, 5) is 26.4. The first-order valence-electron chi connectivity index (χ1n) is 12.5. The van der Waals surface area contributed by atoms with Gasteiger partial charge in [-0.15, -0.1) is 0 Å². The van der Waals surface area contributed by atoms with Crippen molar-refractivity contribution in [3.63, 3.8) is 0 Å². The minimum atomic E-state index is -0.426. The van der Waals surface area contributed by atoms with E-state index in [0.29, 0.717) is 53.3 Å². The van der Waals surface area contributed by atoms with Crippen LogP contribution in [0.1, 0.15) is 83.8 Å². The Labute approximate surface area is 213 Å². The summed E-state index contributed by atoms with van der Waals surface area (Å²) in [5.74, 6) is 0.200. The number of aromatic nitrogens is 4. The normalized spacial score (nSPS) is 11.6. The number of amides is 1. The molecule has 2 aromatic heterocycles. The number of aromatic amines is 1. The lowest BCUT2D eigenvalue weighted by molar-refractivity contribution is -0.110. The van der Waals surface area contributed by atoms with Crippen LogP contribution in [0.25, 0.3) is 11.5 Å². The molecule has 0 saturated heterocycles. The molecule has 1 amide bonds. The Morgan fingerprint density at radius 2 is 1.75 bits per heavy atom. The quantitative estimate of drug-likeness (QED) is 0.407. The number of rotatable bonds is 8. The second-order valence-electron chi connectivity index (χ2n) is 8.84. The average Bonchev–Trinajstić information content (AvgIpc) is 3.42. The summed E-state index contributed by atoms with van der Waals surface area (Å²) >= 11 is 0. The number of nitrogens with zero attached hydrogens (tertiary/aromatic N) is 3. The third-order valence-corrected chi connectivity index (χ3v) is 5.14. The summed E-state index contributed by atoms with van der Waals surface area (Å²) in [6, 6.07) is 2.95. The molecule has 0 aliphatic heterocycles. The van der Waals surface area contributed by atoms with Crippen molar-refractivity contribution in [2.45, 2.75) is 87.3 Å². The van der Waals surface area contributed by atoms with Crippen molar-refractivity contribution >= 4 is 6.41 Å². The Bertz CT molecular complexity index is 1150. The molecule has 0 bridgehead atoms. The number of halogens is 1. The van der Waals surface area contributed by atoms with Crippen LogP contribution in [0.2, 0.25) is 0 Å². The Morgan fingerprint density at radius 3 is 2.22 bits per heavy atom. The van der Waals surface area contributed by atoms with Crippen LogP contribution in [-0.4, -0.2) is 37.9 Å². The number of hydrogen-bond donors (Lipinski definition) is 2. The van der Waals surface area contributed by atoms with Crippen molar-refractivity contribution in [2.75, 3.05) is 6.61 Å². The molecule has 36 heavy (non-hydrogen) atoms. The van der Waals surface area contributed by atoms with Crippen LogP contribution in [0.4, 0.5) is 4.39 Å². The van der Waals surface area contributed by atoms with E-state index >= 15 is 0 Å². The van der Waals surface area contributed by atoms with Crippen molar-refractivity contribution in [2.24, 2.45) is 0 Å². The lowest BCUT2D eigenvalue weighted by atomic mass is 10.1. The standard InChI is InChI=1S/C23H30FN5O3.2C2H6/c1-14-11-17(12-15(2)20(14)24)29-21(28-9-8-25-22(28)31)19(16(3)26-13-30)18(27-29)7-10-32-23(4,5)6;2*1-2/h8-9,11-13,16H,7,10H2,1-6H3,(H,25,31)(H,26,30);2*1-2H3/t16-;;/m0../s1. The molecule has 0 saturated carbocycles. The highest BCUT2D eigenvalue weighted by Gasteiger charge is 2.26. The average molecular weight is 504 g/mol. The van der Waals surface area contributed by atoms with Crippen LogP contribution in [0, 0.1) is 19.7 Å². The number of carbonyl (C=O) groups excluding carboxylic acids is 1. The van der Waals surface area contributed by atoms with Crippen molar-refractivity contribution in [1.29, 1.82) is 0 Å². The zero-order valence-electron chi connectivity index (χ0n) is 23.3. The molecule has 3 aromatic rings. The SMILES string of the molecule is CC.CC.Cc1cc(-n2nc(CCOC(C)(C)C)c([C@H](C)NC=O)c2-n2cc[nH]c2=O)cc(C)c1F. The summed E-state index contributed by atoms with van der Waals surface area (Å²) in [5, 5.41) is 7.56. The number of aryl methyl sites for hydroxylation is 2. The van der Waals surface area contributed by atoms with Gasteiger partial charge in [-0.1, -0.05) is 27.7 Å². The molecule has 2 N–H and O–H groups in total. The number of benzene rings is 1. The fourth-order valence-electron chi connectivity index (χ4n) is 3.68. The number of hydrogen-bond acceptors (Lipinski definition) is 4. The highest BCUT2D eigenvalue weighted by molar-refractivity contribution is 5.53. The maximum Gasteiger partial charge on any atom is 0.331 e. The van der Waals surface area contributed by atoms with Crippen LogP contribution < -0.4 is 11.0 Å². The maximum absolute atomic E-state index is 14.3. The molecular formula is C27H42FN5O3. The van der Waals surface area contributed by atoms with E-state index in [-0.39, 0.29) is 17.1 Å². The smallest absolute Gasteiger partial charge is 0.331 e. The number of imidazole rings is 1. The van der Waals surface area contributed by atoms with Gasteiger partial charge in [0.2, 0.25) is 6.41 Å². The molecule has 0 unspecified atom stereocenters. The topological polar surface area (TPSA) is 93.9 Å². The van der Waals surface area contributed by atoms with E-state index in [1.54, 1.807) is 36.9 Å². The Morgan fingerprint density at radius 1 is 1.17 bits per heavy atom. The van der Waals surface area contributed by atoms with Gasteiger partial charge < -0.3 is 15.0 Å². The van der Waals surface area contributed by atoms with Gasteiger partial charge in [0.25, 0.3) is 0 Å². The zero-order chi connectivity index (χ0) is 27.6. The van der Waals surface area contributed by atoms with Gasteiger partial charge in [-0.05, 0) is 64.8 Å². The minimum absolute atomic E-state index is 0.281. The summed E-state index contributed by atoms with van der Waals surface area (Å²) < 4.78 is 23.3. The first kappa shape index (κ1) is 30.8. The van der Waals surface area contributed by atoms with E-state index < -0.39 is 6.04 Å². The third-order valence-electron chi connectivity index (χ3n) is 5.14. The molecule has 2 heterocycles. The maximum atomic E-state index is 14.3. The first-order valence-corrected chi connectivity index (χ1v) is 12.5. The Kier molecular flexibility index (Phi) is 11.8. The lowest BCUT2D eigenvalue weighted by Crippen LogP contribution is -2.24. The predicted molar refractivity (Wildman–Crippen MR) is 143 cm³/mol. The molecule has 0 spiro atoms. The van der Waals surface area contributed by atoms with Gasteiger partial charge >= 0.3 is 5.69 Å². The Balaban J connectivity index is 0.00000154. The molecule has 0 aliphatic rings. The minimum Gasteiger partial charge on any atom is -0.375 e. The molecule has 1 atom stereocenters. The van der Waals surface area contributed by atoms with Crippen LogP contribution in [0.15, 0.2) is 29.3 Å². The molecule has 0 fully saturated rings. The van der Waals surface area contributed by atoms with Gasteiger partial charge in [0.15, 0.2) is 0 Å². The van der Waals surface area contributed by atoms with E-state index in [1.807, 2.05) is 55.4 Å². The zero-order valence-corrected chi connectivity index (χ0v) is 23.3. The molecule has 0 radical (unpaired) electrons. The molecule has 200 valence electrons. The Hall–Kier alpha value is -3.20. The van der Waals surface area contributed by atoms with Gasteiger partial charge in [0.1, 0.15) is 11.6 Å². The molecule has 9 heteroatoms. The second-order valence-corrected chi connectivity index (χ2v) is 8.84. The van der Waals surface area contributed by atoms with Crippen molar-refractivity contribution < 1.29 is 13.9 Å². The third kappa shape index (κ3) is 7.40. The molecule has 0 aliphatic carbocycles. The van der Waals surface area contributed by atoms with Crippen LogP contribution >= 0.6 is 0 Å². The van der Waals surface area contributed by atoms with Gasteiger partial charge in [-0.2, -0.15) is 5.10 Å². The second kappa shape index (κ2) is 13.8. The number of H-pyrrole nitrogens is 1. The molecule has 8 nitrogen and oxygen atoms in total. The number of carbonyl (C=O) groups is 1. The fourth-order valence-corrected chi connectivity index (χ4v) is 3.68. The van der Waals surface area contributed by atoms with Crippen molar-refractivity contribution in [3.05, 3.63) is 63.2 Å². The van der Waals surface area contributed by atoms with E-state index in [9.17, 15) is 14.0 Å². The summed E-state index contributed by atoms with van der Waals surface area (Å²) in [5.41, 5.74) is 2.27. The van der Waals surface area contributed by atoms with Crippen LogP contribution in [0.5, 0.6) is 0 Å². The van der Waals surface area contributed by atoms with E-state index in [1.165, 1.54) is 10.8 Å². The monoisotopic (exact) mass is 503 g/mol. The molecule has 3 rings (SSSR count). The lowest BCUT2D eigenvalue weighted by Gasteiger charge is -2.19. The van der Waals surface area contributed by atoms with E-state index in [0.717, 1.165) is 0 Å². The summed E-state index contributed by atoms with van der Waals surface area (Å²) in [6.45, 7) is 19.5. The van der Waals surface area contributed by atoms with Gasteiger partial charge in [0, 0.05) is 24.4 Å². The first-order chi connectivity index (χ1) is 17.0. The van der Waals surface area contributed by atoms with Crippen LogP contribution in [-0.2, 0) is 16.0 Å². The molecular weight excluding hydrogens is 461 g/mol. The highest BCUT2D eigenvalue weighted by Crippen LogP contribution is 2.29. The van der Waals surface area contributed by atoms with Gasteiger partial charge in [-0.25, -0.2) is 13.9 Å². The largest absolute Gasteiger partial charge is 0.375 e. The number of nitrogens with one attached hydrogen (secondary N) is 2. The van der Waals surface area contributed by atoms with Crippen molar-refractivity contribution in [1.82, 2.24) is 24.6 Å². The highest BCUT2D eigenvalue weighted by atomic mass is 19.1. The molecule has 1 aromatic carbocycles. The van der Waals surface area contributed by atoms with Gasteiger partial charge in [-0.3, -0.25) is 9.36 Å². The summed E-state index contributed by atoms with van der Waals surface area (Å²) in [6.07, 6.45) is 4.22. The fraction of sp³-hybridized carbons (Fsp3) is 0.519. The summed E-state index contributed by atoms with van der Waals surface area (Å²) in [7, 11) is 0. The van der Waals surface area contributed by atoms with Crippen LogP contribution in [0.3, 0.4) is 0 Å². The van der Waals surface area contributed by atoms with Crippen molar-refractivity contribution in [3.8, 4) is 11.5 Å². The van der Waals surface area contributed by atoms with E-state index in [2.05, 4.69) is 10.3 Å².